The van der Waals surface area contributed by atoms with Gasteiger partial charge in [0.1, 0.15) is 0 Å². The predicted molar refractivity (Wildman–Crippen MR) is 54.1 cm³/mol. The van der Waals surface area contributed by atoms with Crippen molar-refractivity contribution in [2.24, 2.45) is 5.73 Å². The van der Waals surface area contributed by atoms with Crippen molar-refractivity contribution in [2.75, 3.05) is 0 Å². The standard InChI is InChI=1S/C10H8ClF6N/c11-6-3-1-2-5(10(15,16)17)8(6)7(18)4-9(12,13)14/h1-3,7H,4,18H2/t7-/m1/s1. The van der Waals surface area contributed by atoms with Crippen LogP contribution in [0.5, 0.6) is 0 Å². The van der Waals surface area contributed by atoms with Gasteiger partial charge in [-0.05, 0) is 17.7 Å². The largest absolute Gasteiger partial charge is 0.416 e. The topological polar surface area (TPSA) is 26.0 Å². The van der Waals surface area contributed by atoms with Crippen molar-refractivity contribution in [2.45, 2.75) is 24.8 Å². The van der Waals surface area contributed by atoms with Crippen molar-refractivity contribution < 1.29 is 26.3 Å². The molecular weight excluding hydrogens is 284 g/mol. The van der Waals surface area contributed by atoms with E-state index < -0.39 is 41.0 Å². The lowest BCUT2D eigenvalue weighted by atomic mass is 9.98. The molecular formula is C10H8ClF6N. The van der Waals surface area contributed by atoms with Gasteiger partial charge in [-0.3, -0.25) is 0 Å². The fourth-order valence-electron chi connectivity index (χ4n) is 1.51. The predicted octanol–water partition coefficient (Wildman–Crippen LogP) is 4.31. The van der Waals surface area contributed by atoms with Gasteiger partial charge in [-0.25, -0.2) is 0 Å². The molecule has 1 aromatic carbocycles. The van der Waals surface area contributed by atoms with Gasteiger partial charge >= 0.3 is 12.4 Å². The molecule has 0 saturated carbocycles. The Labute approximate surface area is 104 Å². The zero-order valence-electron chi connectivity index (χ0n) is 8.74. The summed E-state index contributed by atoms with van der Waals surface area (Å²) in [6, 6.07) is 0.879. The third kappa shape index (κ3) is 3.78. The van der Waals surface area contributed by atoms with Crippen LogP contribution in [0.1, 0.15) is 23.6 Å². The molecule has 0 aliphatic rings. The molecule has 18 heavy (non-hydrogen) atoms. The Morgan fingerprint density at radius 1 is 1.11 bits per heavy atom. The zero-order chi connectivity index (χ0) is 14.1. The van der Waals surface area contributed by atoms with Crippen molar-refractivity contribution in [1.29, 1.82) is 0 Å². The SMILES string of the molecule is N[C@H](CC(F)(F)F)c1c(Cl)cccc1C(F)(F)F. The van der Waals surface area contributed by atoms with Crippen LogP contribution in [0.15, 0.2) is 18.2 Å². The number of hydrogen-bond acceptors (Lipinski definition) is 1. The van der Waals surface area contributed by atoms with Gasteiger partial charge in [0.15, 0.2) is 0 Å². The molecule has 0 aliphatic heterocycles. The lowest BCUT2D eigenvalue weighted by Crippen LogP contribution is -2.23. The molecule has 1 rings (SSSR count). The van der Waals surface area contributed by atoms with Gasteiger partial charge in [0.05, 0.1) is 12.0 Å². The smallest absolute Gasteiger partial charge is 0.324 e. The molecule has 0 saturated heterocycles. The van der Waals surface area contributed by atoms with Crippen LogP contribution in [0, 0.1) is 0 Å². The Balaban J connectivity index is 3.22. The van der Waals surface area contributed by atoms with Crippen molar-refractivity contribution in [1.82, 2.24) is 0 Å². The molecule has 0 fully saturated rings. The van der Waals surface area contributed by atoms with Crippen LogP contribution in [0.4, 0.5) is 26.3 Å². The first-order valence-electron chi connectivity index (χ1n) is 4.70. The second-order valence-corrected chi connectivity index (χ2v) is 4.03. The van der Waals surface area contributed by atoms with Crippen LogP contribution in [-0.4, -0.2) is 6.18 Å². The third-order valence-electron chi connectivity index (χ3n) is 2.18. The third-order valence-corrected chi connectivity index (χ3v) is 2.51. The number of nitrogens with two attached hydrogens (primary N) is 1. The van der Waals surface area contributed by atoms with Crippen molar-refractivity contribution in [3.63, 3.8) is 0 Å². The van der Waals surface area contributed by atoms with Crippen LogP contribution in [0.3, 0.4) is 0 Å². The summed E-state index contributed by atoms with van der Waals surface area (Å²) >= 11 is 5.51. The summed E-state index contributed by atoms with van der Waals surface area (Å²) in [5.41, 5.74) is 3.20. The molecule has 1 atom stereocenters. The Bertz CT molecular complexity index is 425. The van der Waals surface area contributed by atoms with Crippen LogP contribution in [-0.2, 0) is 6.18 Å². The molecule has 8 heteroatoms. The van der Waals surface area contributed by atoms with E-state index in [2.05, 4.69) is 0 Å². The van der Waals surface area contributed by atoms with Crippen LogP contribution < -0.4 is 5.73 Å². The number of rotatable bonds is 2. The summed E-state index contributed by atoms with van der Waals surface area (Å²) in [4.78, 5) is 0. The molecule has 2 N–H and O–H groups in total. The normalized spacial score (nSPS) is 14.7. The number of benzene rings is 1. The van der Waals surface area contributed by atoms with Gasteiger partial charge in [0.2, 0.25) is 0 Å². The van der Waals surface area contributed by atoms with E-state index in [-0.39, 0.29) is 0 Å². The number of alkyl halides is 6. The molecule has 1 nitrogen and oxygen atoms in total. The quantitative estimate of drug-likeness (QED) is 0.807. The minimum atomic E-state index is -4.80. The molecule has 0 spiro atoms. The maximum absolute atomic E-state index is 12.6. The first-order valence-corrected chi connectivity index (χ1v) is 5.08. The maximum Gasteiger partial charge on any atom is 0.416 e. The van der Waals surface area contributed by atoms with E-state index in [4.69, 9.17) is 17.3 Å². The average Bonchev–Trinajstić information content (AvgIpc) is 2.12. The first-order chi connectivity index (χ1) is 8.02. The molecule has 0 aliphatic carbocycles. The summed E-state index contributed by atoms with van der Waals surface area (Å²) < 4.78 is 74.3. The number of halogens is 7. The minimum Gasteiger partial charge on any atom is -0.324 e. The molecule has 0 bridgehead atoms. The average molecular weight is 292 g/mol. The lowest BCUT2D eigenvalue weighted by molar-refractivity contribution is -0.144. The Hall–Kier alpha value is -0.950. The van der Waals surface area contributed by atoms with Crippen molar-refractivity contribution in [3.05, 3.63) is 34.3 Å². The molecule has 0 aromatic heterocycles. The summed E-state index contributed by atoms with van der Waals surface area (Å²) in [6.07, 6.45) is -11.0. The molecule has 1 aromatic rings. The second-order valence-electron chi connectivity index (χ2n) is 3.62. The molecule has 0 heterocycles. The number of hydrogen-bond donors (Lipinski definition) is 1. The maximum atomic E-state index is 12.6. The molecule has 0 amide bonds. The minimum absolute atomic E-state index is 0.429. The van der Waals surface area contributed by atoms with Gasteiger partial charge in [0.25, 0.3) is 0 Å². The Morgan fingerprint density at radius 3 is 2.11 bits per heavy atom. The summed E-state index contributed by atoms with van der Waals surface area (Å²) in [7, 11) is 0. The fraction of sp³-hybridized carbons (Fsp3) is 0.400. The highest BCUT2D eigenvalue weighted by atomic mass is 35.5. The van der Waals surface area contributed by atoms with Crippen LogP contribution in [0.25, 0.3) is 0 Å². The van der Waals surface area contributed by atoms with Crippen molar-refractivity contribution in [3.8, 4) is 0 Å². The van der Waals surface area contributed by atoms with E-state index in [9.17, 15) is 26.3 Å². The van der Waals surface area contributed by atoms with E-state index in [1.807, 2.05) is 0 Å². The highest BCUT2D eigenvalue weighted by Crippen LogP contribution is 2.40. The lowest BCUT2D eigenvalue weighted by Gasteiger charge is -2.20. The van der Waals surface area contributed by atoms with Crippen LogP contribution in [0.2, 0.25) is 5.02 Å². The highest BCUT2D eigenvalue weighted by molar-refractivity contribution is 6.31. The van der Waals surface area contributed by atoms with E-state index in [0.717, 1.165) is 12.1 Å². The highest BCUT2D eigenvalue weighted by Gasteiger charge is 2.38. The van der Waals surface area contributed by atoms with Gasteiger partial charge in [-0.15, -0.1) is 0 Å². The van der Waals surface area contributed by atoms with Gasteiger partial charge in [-0.1, -0.05) is 17.7 Å². The summed E-state index contributed by atoms with van der Waals surface area (Å²) in [6.45, 7) is 0. The Morgan fingerprint density at radius 2 is 1.67 bits per heavy atom. The van der Waals surface area contributed by atoms with Gasteiger partial charge < -0.3 is 5.73 Å². The van der Waals surface area contributed by atoms with Gasteiger partial charge in [0, 0.05) is 11.1 Å². The monoisotopic (exact) mass is 291 g/mol. The molecule has 102 valence electrons. The second kappa shape index (κ2) is 4.97. The van der Waals surface area contributed by atoms with Crippen LogP contribution >= 0.6 is 11.6 Å². The van der Waals surface area contributed by atoms with E-state index in [0.29, 0.717) is 6.07 Å². The van der Waals surface area contributed by atoms with E-state index >= 15 is 0 Å². The summed E-state index contributed by atoms with van der Waals surface area (Å²) in [5.74, 6) is 0. The molecule has 0 unspecified atom stereocenters. The van der Waals surface area contributed by atoms with E-state index in [1.54, 1.807) is 0 Å². The first kappa shape index (κ1) is 15.1. The summed E-state index contributed by atoms with van der Waals surface area (Å²) in [5, 5.41) is -0.429. The zero-order valence-corrected chi connectivity index (χ0v) is 9.50. The Kier molecular flexibility index (Phi) is 4.17. The van der Waals surface area contributed by atoms with Gasteiger partial charge in [-0.2, -0.15) is 26.3 Å². The van der Waals surface area contributed by atoms with E-state index in [1.165, 1.54) is 0 Å². The fourth-order valence-corrected chi connectivity index (χ4v) is 1.83. The van der Waals surface area contributed by atoms with Crippen molar-refractivity contribution >= 4 is 11.6 Å². The molecule has 0 radical (unpaired) electrons.